The molecule has 0 bridgehead atoms. The second kappa shape index (κ2) is 9.55. The Morgan fingerprint density at radius 2 is 1.77 bits per heavy atom. The number of ether oxygens (including phenoxy) is 1. The molecule has 5 nitrogen and oxygen atoms in total. The van der Waals surface area contributed by atoms with Crippen molar-refractivity contribution in [2.45, 2.75) is 13.2 Å². The van der Waals surface area contributed by atoms with Crippen molar-refractivity contribution < 1.29 is 9.53 Å². The van der Waals surface area contributed by atoms with Crippen LogP contribution < -0.4 is 11.1 Å². The average Bonchev–Trinajstić information content (AvgIpc) is 2.54. The molecule has 0 saturated heterocycles. The van der Waals surface area contributed by atoms with E-state index in [0.29, 0.717) is 6.54 Å². The predicted molar refractivity (Wildman–Crippen MR) is 89.5 cm³/mol. The lowest BCUT2D eigenvalue weighted by molar-refractivity contribution is 0.145. The maximum absolute atomic E-state index is 11.5. The molecule has 0 unspecified atom stereocenters. The molecule has 0 aliphatic heterocycles. The molecule has 2 aromatic carbocycles. The van der Waals surface area contributed by atoms with Gasteiger partial charge in [-0.15, -0.1) is 12.4 Å². The Kier molecular flexibility index (Phi) is 7.67. The van der Waals surface area contributed by atoms with Gasteiger partial charge in [0.2, 0.25) is 0 Å². The summed E-state index contributed by atoms with van der Waals surface area (Å²) in [4.78, 5) is 15.6. The number of halogens is 1. The minimum absolute atomic E-state index is 0. The molecule has 2 rings (SSSR count). The van der Waals surface area contributed by atoms with Crippen molar-refractivity contribution in [1.82, 2.24) is 5.32 Å². The zero-order valence-corrected chi connectivity index (χ0v) is 12.8. The van der Waals surface area contributed by atoms with Crippen LogP contribution in [0.5, 0.6) is 0 Å². The number of carbonyl (C=O) groups is 1. The van der Waals surface area contributed by atoms with E-state index < -0.39 is 6.09 Å². The Balaban J connectivity index is 0.00000242. The number of rotatable bonds is 5. The molecule has 0 atom stereocenters. The van der Waals surface area contributed by atoms with Gasteiger partial charge in [0, 0.05) is 6.54 Å². The Bertz CT molecular complexity index is 601. The van der Waals surface area contributed by atoms with Crippen molar-refractivity contribution >= 4 is 30.5 Å². The maximum Gasteiger partial charge on any atom is 0.412 e. The number of amides is 1. The van der Waals surface area contributed by atoms with Gasteiger partial charge in [-0.25, -0.2) is 9.79 Å². The van der Waals surface area contributed by atoms with Gasteiger partial charge in [-0.2, -0.15) is 0 Å². The quantitative estimate of drug-likeness (QED) is 0.656. The lowest BCUT2D eigenvalue weighted by Gasteiger charge is -2.03. The highest BCUT2D eigenvalue weighted by molar-refractivity contribution is 5.85. The van der Waals surface area contributed by atoms with E-state index in [9.17, 15) is 4.79 Å². The molecule has 0 aromatic heterocycles. The summed E-state index contributed by atoms with van der Waals surface area (Å²) in [5, 5.41) is 2.45. The SMILES string of the molecule is Cl.NCc1ccc(N=CNC(=O)OCc2ccccc2)cc1. The van der Waals surface area contributed by atoms with Crippen LogP contribution in [0.2, 0.25) is 0 Å². The van der Waals surface area contributed by atoms with Gasteiger partial charge in [-0.05, 0) is 23.3 Å². The third-order valence-electron chi connectivity index (χ3n) is 2.78. The highest BCUT2D eigenvalue weighted by Gasteiger charge is 1.99. The number of hydrogen-bond acceptors (Lipinski definition) is 4. The van der Waals surface area contributed by atoms with Crippen LogP contribution in [0, 0.1) is 0 Å². The fourth-order valence-corrected chi connectivity index (χ4v) is 1.64. The highest BCUT2D eigenvalue weighted by atomic mass is 35.5. The van der Waals surface area contributed by atoms with Crippen LogP contribution in [0.25, 0.3) is 0 Å². The smallest absolute Gasteiger partial charge is 0.412 e. The van der Waals surface area contributed by atoms with Crippen LogP contribution in [0.3, 0.4) is 0 Å². The Labute approximate surface area is 135 Å². The summed E-state index contributed by atoms with van der Waals surface area (Å²) in [6, 6.07) is 16.9. The number of hydrogen-bond donors (Lipinski definition) is 2. The first-order valence-electron chi connectivity index (χ1n) is 6.56. The van der Waals surface area contributed by atoms with E-state index in [4.69, 9.17) is 10.5 Å². The third-order valence-corrected chi connectivity index (χ3v) is 2.78. The van der Waals surface area contributed by atoms with E-state index >= 15 is 0 Å². The van der Waals surface area contributed by atoms with Gasteiger partial charge in [0.15, 0.2) is 0 Å². The number of alkyl carbamates (subject to hydrolysis) is 1. The molecule has 2 aromatic rings. The average molecular weight is 320 g/mol. The van der Waals surface area contributed by atoms with Gasteiger partial charge in [-0.3, -0.25) is 5.32 Å². The Hall–Kier alpha value is -2.37. The molecule has 0 heterocycles. The number of nitrogens with one attached hydrogen (secondary N) is 1. The van der Waals surface area contributed by atoms with Crippen LogP contribution in [-0.2, 0) is 17.9 Å². The monoisotopic (exact) mass is 319 g/mol. The number of nitrogens with zero attached hydrogens (tertiary/aromatic N) is 1. The summed E-state index contributed by atoms with van der Waals surface area (Å²) < 4.78 is 5.04. The van der Waals surface area contributed by atoms with Crippen LogP contribution in [-0.4, -0.2) is 12.4 Å². The summed E-state index contributed by atoms with van der Waals surface area (Å²) in [5.74, 6) is 0. The Morgan fingerprint density at radius 3 is 2.41 bits per heavy atom. The fourth-order valence-electron chi connectivity index (χ4n) is 1.64. The summed E-state index contributed by atoms with van der Waals surface area (Å²) in [6.07, 6.45) is 0.770. The molecule has 3 N–H and O–H groups in total. The lowest BCUT2D eigenvalue weighted by Crippen LogP contribution is -2.22. The van der Waals surface area contributed by atoms with Gasteiger partial charge >= 0.3 is 6.09 Å². The van der Waals surface area contributed by atoms with Gasteiger partial charge < -0.3 is 10.5 Å². The van der Waals surface area contributed by atoms with Crippen LogP contribution >= 0.6 is 12.4 Å². The van der Waals surface area contributed by atoms with Crippen molar-refractivity contribution in [1.29, 1.82) is 0 Å². The molecule has 0 radical (unpaired) electrons. The first-order chi connectivity index (χ1) is 10.3. The fraction of sp³-hybridized carbons (Fsp3) is 0.125. The normalized spacial score (nSPS) is 10.0. The van der Waals surface area contributed by atoms with Gasteiger partial charge in [0.05, 0.1) is 12.0 Å². The van der Waals surface area contributed by atoms with E-state index in [-0.39, 0.29) is 19.0 Å². The summed E-state index contributed by atoms with van der Waals surface area (Å²) >= 11 is 0. The van der Waals surface area contributed by atoms with E-state index in [1.165, 1.54) is 6.34 Å². The van der Waals surface area contributed by atoms with Crippen molar-refractivity contribution in [3.8, 4) is 0 Å². The van der Waals surface area contributed by atoms with E-state index in [2.05, 4.69) is 10.3 Å². The molecule has 0 spiro atoms. The zero-order chi connectivity index (χ0) is 14.9. The maximum atomic E-state index is 11.5. The van der Waals surface area contributed by atoms with Crippen molar-refractivity contribution in [3.05, 3.63) is 65.7 Å². The molecule has 22 heavy (non-hydrogen) atoms. The lowest BCUT2D eigenvalue weighted by atomic mass is 10.2. The molecular weight excluding hydrogens is 302 g/mol. The third kappa shape index (κ3) is 5.95. The van der Waals surface area contributed by atoms with Gasteiger partial charge in [0.25, 0.3) is 0 Å². The summed E-state index contributed by atoms with van der Waals surface area (Å²) in [7, 11) is 0. The van der Waals surface area contributed by atoms with E-state index in [1.54, 1.807) is 0 Å². The Morgan fingerprint density at radius 1 is 1.09 bits per heavy atom. The van der Waals surface area contributed by atoms with Gasteiger partial charge in [0.1, 0.15) is 6.61 Å². The first-order valence-corrected chi connectivity index (χ1v) is 6.56. The molecule has 0 aliphatic rings. The number of carbonyl (C=O) groups excluding carboxylic acids is 1. The van der Waals surface area contributed by atoms with E-state index in [1.807, 2.05) is 54.6 Å². The van der Waals surface area contributed by atoms with Crippen LogP contribution in [0.15, 0.2) is 59.6 Å². The molecule has 116 valence electrons. The molecular formula is C16H18ClN3O2. The molecule has 0 fully saturated rings. The summed E-state index contributed by atoms with van der Waals surface area (Å²) in [6.45, 7) is 0.722. The molecule has 0 saturated carbocycles. The molecule has 0 aliphatic carbocycles. The van der Waals surface area contributed by atoms with Crippen LogP contribution in [0.1, 0.15) is 11.1 Å². The van der Waals surface area contributed by atoms with E-state index in [0.717, 1.165) is 16.8 Å². The van der Waals surface area contributed by atoms with Crippen molar-refractivity contribution in [2.24, 2.45) is 10.7 Å². The minimum atomic E-state index is -0.541. The van der Waals surface area contributed by atoms with Crippen molar-refractivity contribution in [2.75, 3.05) is 0 Å². The number of benzene rings is 2. The van der Waals surface area contributed by atoms with Crippen LogP contribution in [0.4, 0.5) is 10.5 Å². The predicted octanol–water partition coefficient (Wildman–Crippen LogP) is 3.15. The molecule has 6 heteroatoms. The topological polar surface area (TPSA) is 76.7 Å². The second-order valence-corrected chi connectivity index (χ2v) is 4.33. The second-order valence-electron chi connectivity index (χ2n) is 4.33. The first kappa shape index (κ1) is 17.7. The molecule has 1 amide bonds. The largest absolute Gasteiger partial charge is 0.444 e. The summed E-state index contributed by atoms with van der Waals surface area (Å²) in [5.41, 5.74) is 8.21. The minimum Gasteiger partial charge on any atom is -0.444 e. The van der Waals surface area contributed by atoms with Crippen molar-refractivity contribution in [3.63, 3.8) is 0 Å². The highest BCUT2D eigenvalue weighted by Crippen LogP contribution is 2.11. The van der Waals surface area contributed by atoms with Gasteiger partial charge in [-0.1, -0.05) is 42.5 Å². The zero-order valence-electron chi connectivity index (χ0n) is 11.9. The standard InChI is InChI=1S/C16H17N3O2.ClH/c17-10-13-6-8-15(9-7-13)18-12-19-16(20)21-11-14-4-2-1-3-5-14;/h1-9,12H,10-11,17H2,(H,18,19,20);1H. The number of aliphatic imine (C=N–C) groups is 1. The number of nitrogens with two attached hydrogens (primary N) is 1.